The van der Waals surface area contributed by atoms with Crippen LogP contribution in [-0.4, -0.2) is 64.2 Å². The van der Waals surface area contributed by atoms with Crippen LogP contribution >= 0.6 is 0 Å². The molecular weight excluding hydrogens is 728 g/mol. The van der Waals surface area contributed by atoms with Crippen molar-refractivity contribution in [3.8, 4) is 23.0 Å². The van der Waals surface area contributed by atoms with E-state index in [0.29, 0.717) is 0 Å². The number of hydrogen-bond donors (Lipinski definition) is 4. The van der Waals surface area contributed by atoms with Crippen LogP contribution in [0.2, 0.25) is 0 Å². The van der Waals surface area contributed by atoms with Crippen LogP contribution in [-0.2, 0) is 20.1 Å². The number of nitrogens with zero attached hydrogens (tertiary/aromatic N) is 4. The predicted molar refractivity (Wildman–Crippen MR) is 123 cm³/mol. The van der Waals surface area contributed by atoms with Crippen molar-refractivity contribution in [3.63, 3.8) is 0 Å². The first-order chi connectivity index (χ1) is 18.9. The van der Waals surface area contributed by atoms with Gasteiger partial charge in [-0.05, 0) is 24.3 Å². The first kappa shape index (κ1) is 35.3. The topological polar surface area (TPSA) is 293 Å². The summed E-state index contributed by atoms with van der Waals surface area (Å²) in [5.74, 6) is -7.39. The maximum Gasteiger partial charge on any atom is 0.353 e. The molecule has 0 spiro atoms. The zero-order valence-corrected chi connectivity index (χ0v) is 22.5. The van der Waals surface area contributed by atoms with E-state index in [0.717, 1.165) is 24.3 Å². The fourth-order valence-corrected chi connectivity index (χ4v) is 2.20. The maximum atomic E-state index is 10.6. The van der Waals surface area contributed by atoms with Crippen LogP contribution in [0.15, 0.2) is 73.3 Å². The van der Waals surface area contributed by atoms with E-state index in [9.17, 15) is 39.6 Å². The predicted octanol–water partition coefficient (Wildman–Crippen LogP) is -0.589. The molecule has 4 aromatic heterocycles. The first-order valence-corrected chi connectivity index (χ1v) is 10.3. The molecule has 0 aliphatic carbocycles. The molecule has 0 unspecified atom stereocenters. The Morgan fingerprint density at radius 2 is 0.610 bits per heavy atom. The third-order valence-corrected chi connectivity index (χ3v) is 3.89. The van der Waals surface area contributed by atoms with Crippen molar-refractivity contribution >= 4 is 23.9 Å². The normalized spacial score (nSPS) is 8.98. The number of aromatic carboxylic acids is 4. The Balaban J connectivity index is 0.000000516. The Morgan fingerprint density at radius 3 is 0.707 bits per heavy atom. The molecule has 1 radical (unpaired) electrons. The molecule has 217 valence electrons. The summed E-state index contributed by atoms with van der Waals surface area (Å²) in [5, 5.41) is 75.7. The molecule has 41 heavy (non-hydrogen) atoms. The van der Waals surface area contributed by atoms with Crippen molar-refractivity contribution in [2.75, 3.05) is 0 Å². The molecule has 0 aliphatic heterocycles. The van der Waals surface area contributed by atoms with E-state index < -0.39 is 69.7 Å². The quantitative estimate of drug-likeness (QED) is 0.203. The van der Waals surface area contributed by atoms with Crippen molar-refractivity contribution in [1.29, 1.82) is 0 Å². The molecule has 0 aromatic carbocycles. The zero-order chi connectivity index (χ0) is 30.2. The van der Waals surface area contributed by atoms with Gasteiger partial charge in [-0.1, -0.05) is 47.3 Å². The summed E-state index contributed by atoms with van der Waals surface area (Å²) in [7, 11) is 0. The van der Waals surface area contributed by atoms with Crippen LogP contribution in [0.4, 0.5) is 0 Å². The van der Waals surface area contributed by atoms with Gasteiger partial charge in [0.15, 0.2) is 0 Å². The van der Waals surface area contributed by atoms with E-state index in [1.54, 1.807) is 0 Å². The summed E-state index contributed by atoms with van der Waals surface area (Å²) in [5.41, 5.74) is -1.71. The second-order valence-corrected chi connectivity index (χ2v) is 6.62. The van der Waals surface area contributed by atoms with E-state index in [-0.39, 0.29) is 20.1 Å². The van der Waals surface area contributed by atoms with Gasteiger partial charge in [0.1, 0.15) is 22.8 Å². The molecule has 0 bridgehead atoms. The van der Waals surface area contributed by atoms with Crippen LogP contribution in [0.5, 0.6) is 23.0 Å². The summed E-state index contributed by atoms with van der Waals surface area (Å²) in [6.45, 7) is 0. The Bertz CT molecular complexity index is 1260. The standard InChI is InChI=1S/4C6H5NO3.Ir/c4*8-4-2-1-3-7-5(4)6(9)10;/h4*1-3,8H,(H,9,10);/p-4. The Kier molecular flexibility index (Phi) is 15.3. The zero-order valence-electron chi connectivity index (χ0n) is 20.1. The van der Waals surface area contributed by atoms with E-state index in [4.69, 9.17) is 20.4 Å². The molecular formula is C24H16IrN4O12-4. The van der Waals surface area contributed by atoms with Gasteiger partial charge in [0.25, 0.3) is 0 Å². The summed E-state index contributed by atoms with van der Waals surface area (Å²) in [6, 6.07) is 10.2. The average Bonchev–Trinajstić information content (AvgIpc) is 2.90. The molecule has 4 rings (SSSR count). The molecule has 4 N–H and O–H groups in total. The Labute approximate surface area is 242 Å². The second kappa shape index (κ2) is 17.8. The van der Waals surface area contributed by atoms with Gasteiger partial charge < -0.3 is 40.9 Å². The van der Waals surface area contributed by atoms with Gasteiger partial charge in [0.05, 0.1) is 0 Å². The van der Waals surface area contributed by atoms with Crippen molar-refractivity contribution in [3.05, 3.63) is 96.1 Å². The number of carbonyl (C=O) groups is 4. The summed E-state index contributed by atoms with van der Waals surface area (Å²) < 4.78 is 0. The molecule has 4 aromatic rings. The molecule has 0 atom stereocenters. The van der Waals surface area contributed by atoms with Crippen LogP contribution in [0.3, 0.4) is 0 Å². The number of carboxylic acid groups (broad SMARTS) is 4. The van der Waals surface area contributed by atoms with Crippen molar-refractivity contribution in [1.82, 2.24) is 19.9 Å². The maximum absolute atomic E-state index is 10.6. The van der Waals surface area contributed by atoms with Crippen molar-refractivity contribution in [2.24, 2.45) is 0 Å². The smallest absolute Gasteiger partial charge is 0.353 e. The van der Waals surface area contributed by atoms with E-state index in [1.165, 1.54) is 49.1 Å². The van der Waals surface area contributed by atoms with Crippen LogP contribution in [0, 0.1) is 0 Å². The fraction of sp³-hybridized carbons (Fsp3) is 0. The number of rotatable bonds is 4. The first-order valence-electron chi connectivity index (χ1n) is 10.3. The van der Waals surface area contributed by atoms with Crippen LogP contribution in [0.25, 0.3) is 0 Å². The minimum absolute atomic E-state index is 0. The van der Waals surface area contributed by atoms with E-state index in [1.807, 2.05) is 0 Å². The van der Waals surface area contributed by atoms with Gasteiger partial charge in [-0.15, -0.1) is 0 Å². The number of aromatic nitrogens is 4. The molecule has 17 heteroatoms. The third-order valence-electron chi connectivity index (χ3n) is 3.89. The average molecular weight is 745 g/mol. The molecule has 0 amide bonds. The van der Waals surface area contributed by atoms with Gasteiger partial charge in [-0.3, -0.25) is 0 Å². The summed E-state index contributed by atoms with van der Waals surface area (Å²) in [4.78, 5) is 54.1. The molecule has 0 saturated heterocycles. The molecule has 0 saturated carbocycles. The fourth-order valence-electron chi connectivity index (χ4n) is 2.20. The van der Waals surface area contributed by atoms with Crippen molar-refractivity contribution < 1.29 is 80.1 Å². The van der Waals surface area contributed by atoms with E-state index in [2.05, 4.69) is 19.9 Å². The Hall–Kier alpha value is -5.67. The Morgan fingerprint density at radius 1 is 0.439 bits per heavy atom. The van der Waals surface area contributed by atoms with Crippen molar-refractivity contribution in [2.45, 2.75) is 0 Å². The summed E-state index contributed by atoms with van der Waals surface area (Å²) >= 11 is 0. The minimum Gasteiger partial charge on any atom is -0.871 e. The van der Waals surface area contributed by atoms with Crippen LogP contribution < -0.4 is 20.4 Å². The summed E-state index contributed by atoms with van der Waals surface area (Å²) in [6.07, 6.45) is 5.07. The van der Waals surface area contributed by atoms with Gasteiger partial charge in [0, 0.05) is 44.9 Å². The molecule has 16 nitrogen and oxygen atoms in total. The number of carboxylic acids is 4. The van der Waals surface area contributed by atoms with E-state index >= 15 is 0 Å². The second-order valence-electron chi connectivity index (χ2n) is 6.62. The SMILES string of the molecule is O=C(O)c1ncccc1[O-].O=C(O)c1ncccc1[O-].O=C(O)c1ncccc1[O-].O=C(O)c1ncccc1[O-].[Ir]. The van der Waals surface area contributed by atoms with Gasteiger partial charge >= 0.3 is 23.9 Å². The van der Waals surface area contributed by atoms with Gasteiger partial charge in [-0.2, -0.15) is 0 Å². The van der Waals surface area contributed by atoms with Gasteiger partial charge in [0.2, 0.25) is 0 Å². The molecule has 4 heterocycles. The number of pyridine rings is 4. The monoisotopic (exact) mass is 745 g/mol. The number of hydrogen-bond acceptors (Lipinski definition) is 12. The molecule has 0 aliphatic rings. The minimum atomic E-state index is -1.29. The largest absolute Gasteiger partial charge is 0.871 e. The van der Waals surface area contributed by atoms with Crippen LogP contribution in [0.1, 0.15) is 42.0 Å². The third kappa shape index (κ3) is 12.2. The molecule has 0 fully saturated rings. The van der Waals surface area contributed by atoms with Gasteiger partial charge in [-0.25, -0.2) is 39.1 Å².